The molecule has 0 aliphatic rings. The molecule has 106 valence electrons. The molecule has 0 saturated carbocycles. The van der Waals surface area contributed by atoms with Gasteiger partial charge in [0.25, 0.3) is 5.91 Å². The smallest absolute Gasteiger partial charge is 0.328 e. The number of amides is 1. The monoisotopic (exact) mass is 302 g/mol. The third-order valence-electron chi connectivity index (χ3n) is 2.59. The second kappa shape index (κ2) is 6.67. The summed E-state index contributed by atoms with van der Waals surface area (Å²) in [4.78, 5) is 26.3. The van der Waals surface area contributed by atoms with Crippen molar-refractivity contribution in [3.63, 3.8) is 0 Å². The summed E-state index contributed by atoms with van der Waals surface area (Å²) in [5, 5.41) is 11.4. The number of nitrogens with one attached hydrogen (secondary N) is 1. The van der Waals surface area contributed by atoms with Crippen molar-refractivity contribution in [2.45, 2.75) is 0 Å². The van der Waals surface area contributed by atoms with E-state index in [4.69, 9.17) is 16.7 Å². The van der Waals surface area contributed by atoms with Crippen molar-refractivity contribution in [1.82, 2.24) is 4.98 Å². The molecule has 6 heteroatoms. The molecule has 2 aromatic rings. The Labute approximate surface area is 125 Å². The Kier molecular flexibility index (Phi) is 4.68. The Hall–Kier alpha value is -2.66. The number of pyridine rings is 1. The summed E-state index contributed by atoms with van der Waals surface area (Å²) < 4.78 is 0. The molecule has 2 rings (SSSR count). The van der Waals surface area contributed by atoms with Gasteiger partial charge in [-0.2, -0.15) is 0 Å². The number of anilines is 1. The summed E-state index contributed by atoms with van der Waals surface area (Å²) in [6, 6.07) is 9.93. The van der Waals surface area contributed by atoms with Gasteiger partial charge < -0.3 is 10.4 Å². The van der Waals surface area contributed by atoms with E-state index in [1.54, 1.807) is 36.4 Å². The fourth-order valence-corrected chi connectivity index (χ4v) is 1.80. The van der Waals surface area contributed by atoms with Crippen LogP contribution in [-0.4, -0.2) is 22.0 Å². The molecule has 1 aromatic carbocycles. The molecule has 1 amide bonds. The molecule has 21 heavy (non-hydrogen) atoms. The lowest BCUT2D eigenvalue weighted by molar-refractivity contribution is -0.131. The van der Waals surface area contributed by atoms with Crippen LogP contribution in [0.1, 0.15) is 15.9 Å². The largest absolute Gasteiger partial charge is 0.478 e. The third-order valence-corrected chi connectivity index (χ3v) is 2.89. The van der Waals surface area contributed by atoms with Gasteiger partial charge >= 0.3 is 5.97 Å². The molecule has 0 atom stereocenters. The molecule has 0 unspecified atom stereocenters. The second-order valence-corrected chi connectivity index (χ2v) is 4.45. The lowest BCUT2D eigenvalue weighted by atomic mass is 10.2. The van der Waals surface area contributed by atoms with E-state index in [0.717, 1.165) is 11.6 Å². The first-order chi connectivity index (χ1) is 10.1. The minimum atomic E-state index is -1.02. The van der Waals surface area contributed by atoms with E-state index in [-0.39, 0.29) is 16.6 Å². The van der Waals surface area contributed by atoms with Gasteiger partial charge in [0.2, 0.25) is 0 Å². The standard InChI is InChI=1S/C15H11ClN2O3/c16-14-12(2-1-9-17-14)15(21)18-11-6-3-10(4-7-11)5-8-13(19)20/h1-9H,(H,18,21)(H,19,20)/b8-5+. The molecule has 0 aliphatic heterocycles. The van der Waals surface area contributed by atoms with Crippen LogP contribution in [0.25, 0.3) is 6.08 Å². The first-order valence-corrected chi connectivity index (χ1v) is 6.37. The number of halogens is 1. The van der Waals surface area contributed by atoms with Crippen molar-refractivity contribution in [3.05, 3.63) is 65.0 Å². The van der Waals surface area contributed by atoms with Crippen LogP contribution in [0.2, 0.25) is 5.15 Å². The number of benzene rings is 1. The summed E-state index contributed by atoms with van der Waals surface area (Å²) in [6.07, 6.45) is 4.01. The Morgan fingerprint density at radius 3 is 2.52 bits per heavy atom. The summed E-state index contributed by atoms with van der Waals surface area (Å²) in [7, 11) is 0. The number of aromatic nitrogens is 1. The van der Waals surface area contributed by atoms with Gasteiger partial charge in [-0.3, -0.25) is 4.79 Å². The van der Waals surface area contributed by atoms with Crippen LogP contribution < -0.4 is 5.32 Å². The molecule has 0 bridgehead atoms. The maximum Gasteiger partial charge on any atom is 0.328 e. The van der Waals surface area contributed by atoms with E-state index < -0.39 is 5.97 Å². The Morgan fingerprint density at radius 2 is 1.90 bits per heavy atom. The number of aliphatic carboxylic acids is 1. The fraction of sp³-hybridized carbons (Fsp3) is 0. The zero-order valence-corrected chi connectivity index (χ0v) is 11.5. The van der Waals surface area contributed by atoms with Crippen LogP contribution in [0.4, 0.5) is 5.69 Å². The molecular formula is C15H11ClN2O3. The van der Waals surface area contributed by atoms with Gasteiger partial charge in [-0.05, 0) is 35.9 Å². The van der Waals surface area contributed by atoms with Crippen LogP contribution in [-0.2, 0) is 4.79 Å². The predicted molar refractivity (Wildman–Crippen MR) is 80.3 cm³/mol. The normalized spacial score (nSPS) is 10.5. The third kappa shape index (κ3) is 4.15. The molecule has 2 N–H and O–H groups in total. The number of rotatable bonds is 4. The predicted octanol–water partition coefficient (Wildman–Crippen LogP) is 3.09. The maximum atomic E-state index is 12.0. The van der Waals surface area contributed by atoms with Crippen molar-refractivity contribution in [2.75, 3.05) is 5.32 Å². The molecule has 0 spiro atoms. The minimum absolute atomic E-state index is 0.135. The van der Waals surface area contributed by atoms with Gasteiger partial charge in [0.1, 0.15) is 5.15 Å². The van der Waals surface area contributed by atoms with Crippen LogP contribution >= 0.6 is 11.6 Å². The van der Waals surface area contributed by atoms with Gasteiger partial charge in [-0.25, -0.2) is 9.78 Å². The van der Waals surface area contributed by atoms with Gasteiger partial charge in [-0.1, -0.05) is 23.7 Å². The lowest BCUT2D eigenvalue weighted by Crippen LogP contribution is -2.12. The van der Waals surface area contributed by atoms with Gasteiger partial charge in [0.05, 0.1) is 5.56 Å². The average molecular weight is 303 g/mol. The van der Waals surface area contributed by atoms with E-state index in [1.807, 2.05) is 0 Å². The highest BCUT2D eigenvalue weighted by Gasteiger charge is 2.10. The van der Waals surface area contributed by atoms with Crippen molar-refractivity contribution >= 4 is 35.2 Å². The SMILES string of the molecule is O=C(O)/C=C/c1ccc(NC(=O)c2cccnc2Cl)cc1. The van der Waals surface area contributed by atoms with E-state index in [0.29, 0.717) is 5.69 Å². The van der Waals surface area contributed by atoms with Crippen molar-refractivity contribution in [1.29, 1.82) is 0 Å². The highest BCUT2D eigenvalue weighted by molar-refractivity contribution is 6.33. The molecule has 0 fully saturated rings. The number of nitrogens with zero attached hydrogens (tertiary/aromatic N) is 1. The number of hydrogen-bond acceptors (Lipinski definition) is 3. The lowest BCUT2D eigenvalue weighted by Gasteiger charge is -2.06. The molecule has 0 saturated heterocycles. The maximum absolute atomic E-state index is 12.0. The Morgan fingerprint density at radius 1 is 1.19 bits per heavy atom. The topological polar surface area (TPSA) is 79.3 Å². The molecule has 0 radical (unpaired) electrons. The van der Waals surface area contributed by atoms with Gasteiger partial charge in [0, 0.05) is 18.0 Å². The number of hydrogen-bond donors (Lipinski definition) is 2. The minimum Gasteiger partial charge on any atom is -0.478 e. The quantitative estimate of drug-likeness (QED) is 0.672. The number of carboxylic acids is 1. The highest BCUT2D eigenvalue weighted by Crippen LogP contribution is 2.16. The molecule has 0 aliphatic carbocycles. The summed E-state index contributed by atoms with van der Waals surface area (Å²) >= 11 is 5.84. The molecule has 5 nitrogen and oxygen atoms in total. The van der Waals surface area contributed by atoms with Crippen LogP contribution in [0.3, 0.4) is 0 Å². The van der Waals surface area contributed by atoms with Crippen molar-refractivity contribution in [3.8, 4) is 0 Å². The number of carboxylic acid groups (broad SMARTS) is 1. The van der Waals surface area contributed by atoms with Crippen LogP contribution in [0.5, 0.6) is 0 Å². The second-order valence-electron chi connectivity index (χ2n) is 4.09. The van der Waals surface area contributed by atoms with Gasteiger partial charge in [-0.15, -0.1) is 0 Å². The molecule has 1 heterocycles. The Bertz CT molecular complexity index is 696. The van der Waals surface area contributed by atoms with Crippen LogP contribution in [0.15, 0.2) is 48.7 Å². The van der Waals surface area contributed by atoms with E-state index in [1.165, 1.54) is 12.3 Å². The fourth-order valence-electron chi connectivity index (χ4n) is 1.60. The highest BCUT2D eigenvalue weighted by atomic mass is 35.5. The van der Waals surface area contributed by atoms with Crippen molar-refractivity contribution in [2.24, 2.45) is 0 Å². The first kappa shape index (κ1) is 14.7. The zero-order chi connectivity index (χ0) is 15.2. The zero-order valence-electron chi connectivity index (χ0n) is 10.8. The van der Waals surface area contributed by atoms with E-state index in [2.05, 4.69) is 10.3 Å². The molecule has 1 aromatic heterocycles. The Balaban J connectivity index is 2.09. The van der Waals surface area contributed by atoms with E-state index >= 15 is 0 Å². The van der Waals surface area contributed by atoms with Crippen molar-refractivity contribution < 1.29 is 14.7 Å². The number of carbonyl (C=O) groups is 2. The molecular weight excluding hydrogens is 292 g/mol. The average Bonchev–Trinajstić information content (AvgIpc) is 2.47. The van der Waals surface area contributed by atoms with Gasteiger partial charge in [0.15, 0.2) is 0 Å². The van der Waals surface area contributed by atoms with Crippen LogP contribution in [0, 0.1) is 0 Å². The summed E-state index contributed by atoms with van der Waals surface area (Å²) in [5.41, 5.74) is 1.58. The summed E-state index contributed by atoms with van der Waals surface area (Å²) in [6.45, 7) is 0. The first-order valence-electron chi connectivity index (χ1n) is 5.99. The number of carbonyl (C=O) groups excluding carboxylic acids is 1. The van der Waals surface area contributed by atoms with E-state index in [9.17, 15) is 9.59 Å². The summed E-state index contributed by atoms with van der Waals surface area (Å²) in [5.74, 6) is -1.37.